The summed E-state index contributed by atoms with van der Waals surface area (Å²) in [5, 5.41) is 7.09. The lowest BCUT2D eigenvalue weighted by Crippen LogP contribution is -2.36. The van der Waals surface area contributed by atoms with Gasteiger partial charge in [-0.25, -0.2) is 9.69 Å². The summed E-state index contributed by atoms with van der Waals surface area (Å²) in [5.74, 6) is -3.74. The van der Waals surface area contributed by atoms with E-state index in [0.717, 1.165) is 12.0 Å². The lowest BCUT2D eigenvalue weighted by atomic mass is 9.98. The molecular formula is C13H8Cl2N4O5. The fraction of sp³-hybridized carbons (Fsp3) is 0.231. The fourth-order valence-corrected chi connectivity index (χ4v) is 3.17. The Balaban J connectivity index is 2.07. The van der Waals surface area contributed by atoms with Crippen LogP contribution < -0.4 is 4.90 Å². The van der Waals surface area contributed by atoms with E-state index in [9.17, 15) is 19.3 Å². The van der Waals surface area contributed by atoms with Gasteiger partial charge in [0, 0.05) is 10.0 Å². The van der Waals surface area contributed by atoms with Crippen LogP contribution in [0.3, 0.4) is 0 Å². The summed E-state index contributed by atoms with van der Waals surface area (Å²) in [6.45, 7) is 0. The monoisotopic (exact) mass is 370 g/mol. The molecule has 0 aromatic heterocycles. The Morgan fingerprint density at radius 2 is 1.83 bits per heavy atom. The quantitative estimate of drug-likeness (QED) is 0.451. The highest BCUT2D eigenvalue weighted by molar-refractivity contribution is 6.46. The van der Waals surface area contributed by atoms with E-state index in [1.54, 1.807) is 0 Å². The number of nitroso groups, excluding NO2 is 1. The summed E-state index contributed by atoms with van der Waals surface area (Å²) in [4.78, 5) is 48.7. The zero-order valence-electron chi connectivity index (χ0n) is 12.0. The molecule has 9 nitrogen and oxygen atoms in total. The first-order chi connectivity index (χ1) is 11.4. The van der Waals surface area contributed by atoms with Crippen molar-refractivity contribution < 1.29 is 19.1 Å². The highest BCUT2D eigenvalue weighted by Crippen LogP contribution is 2.37. The number of rotatable bonds is 3. The van der Waals surface area contributed by atoms with Crippen LogP contribution in [0.2, 0.25) is 10.0 Å². The second-order valence-electron chi connectivity index (χ2n) is 4.94. The van der Waals surface area contributed by atoms with Gasteiger partial charge in [0.05, 0.1) is 18.1 Å². The number of ether oxygens (including phenoxy) is 1. The molecule has 124 valence electrons. The number of anilines is 1. The third-order valence-electron chi connectivity index (χ3n) is 3.61. The summed E-state index contributed by atoms with van der Waals surface area (Å²) in [6.07, 6.45) is 0. The van der Waals surface area contributed by atoms with Crippen molar-refractivity contribution in [1.82, 2.24) is 5.12 Å². The molecule has 0 spiro atoms. The van der Waals surface area contributed by atoms with Crippen molar-refractivity contribution in [3.05, 3.63) is 33.2 Å². The Hall–Kier alpha value is -2.52. The van der Waals surface area contributed by atoms with E-state index in [-0.39, 0.29) is 21.4 Å². The topological polar surface area (TPSA) is 109 Å². The van der Waals surface area contributed by atoms with Crippen molar-refractivity contribution in [2.24, 2.45) is 16.3 Å². The van der Waals surface area contributed by atoms with Crippen LogP contribution >= 0.6 is 23.2 Å². The van der Waals surface area contributed by atoms with Crippen molar-refractivity contribution in [3.63, 3.8) is 0 Å². The molecule has 2 heterocycles. The standard InChI is InChI=1S/C13H8Cl2N4O5/c1-24-13(22)9-8-10(19(16-9)17-23)12(21)18(11(8)20)7-3-5(14)2-6(15)4-7/h2-4,8,10H,1H3. The molecular weight excluding hydrogens is 363 g/mol. The fourth-order valence-electron chi connectivity index (χ4n) is 2.66. The Bertz CT molecular complexity index is 791. The van der Waals surface area contributed by atoms with Crippen LogP contribution in [0.5, 0.6) is 0 Å². The zero-order valence-corrected chi connectivity index (χ0v) is 13.5. The molecule has 1 aromatic carbocycles. The largest absolute Gasteiger partial charge is 0.464 e. The lowest BCUT2D eigenvalue weighted by molar-refractivity contribution is -0.133. The number of hydrogen-bond donors (Lipinski definition) is 0. The van der Waals surface area contributed by atoms with Gasteiger partial charge in [-0.1, -0.05) is 23.2 Å². The summed E-state index contributed by atoms with van der Waals surface area (Å²) in [6, 6.07) is 2.80. The second-order valence-corrected chi connectivity index (χ2v) is 5.81. The van der Waals surface area contributed by atoms with E-state index < -0.39 is 29.7 Å². The molecule has 3 rings (SSSR count). The van der Waals surface area contributed by atoms with E-state index >= 15 is 0 Å². The number of amides is 2. The number of nitrogens with zero attached hydrogens (tertiary/aromatic N) is 4. The maximum Gasteiger partial charge on any atom is 0.355 e. The average molecular weight is 371 g/mol. The minimum Gasteiger partial charge on any atom is -0.464 e. The molecule has 1 aromatic rings. The Kier molecular flexibility index (Phi) is 3.98. The first kappa shape index (κ1) is 16.3. The molecule has 0 bridgehead atoms. The smallest absolute Gasteiger partial charge is 0.355 e. The first-order valence-corrected chi connectivity index (χ1v) is 7.28. The zero-order chi connectivity index (χ0) is 17.6. The summed E-state index contributed by atoms with van der Waals surface area (Å²) in [7, 11) is 1.09. The van der Waals surface area contributed by atoms with Gasteiger partial charge in [0.15, 0.2) is 11.8 Å². The van der Waals surface area contributed by atoms with Crippen LogP contribution in [0.1, 0.15) is 0 Å². The first-order valence-electron chi connectivity index (χ1n) is 6.52. The predicted molar refractivity (Wildman–Crippen MR) is 83.3 cm³/mol. The lowest BCUT2D eigenvalue weighted by Gasteiger charge is -2.17. The molecule has 0 saturated carbocycles. The van der Waals surface area contributed by atoms with Crippen LogP contribution in [0, 0.1) is 10.8 Å². The number of methoxy groups -OCH3 is 1. The van der Waals surface area contributed by atoms with Gasteiger partial charge >= 0.3 is 5.97 Å². The van der Waals surface area contributed by atoms with Crippen LogP contribution in [0.15, 0.2) is 28.6 Å². The van der Waals surface area contributed by atoms with Gasteiger partial charge in [-0.05, 0) is 18.2 Å². The Morgan fingerprint density at radius 3 is 2.38 bits per heavy atom. The highest BCUT2D eigenvalue weighted by Gasteiger charge is 2.59. The van der Waals surface area contributed by atoms with E-state index in [4.69, 9.17) is 23.2 Å². The van der Waals surface area contributed by atoms with Crippen molar-refractivity contribution in [2.45, 2.75) is 6.04 Å². The summed E-state index contributed by atoms with van der Waals surface area (Å²) in [5.41, 5.74) is -0.247. The van der Waals surface area contributed by atoms with Gasteiger partial charge in [0.2, 0.25) is 5.91 Å². The minimum atomic E-state index is -1.35. The third-order valence-corrected chi connectivity index (χ3v) is 4.05. The third kappa shape index (κ3) is 2.33. The summed E-state index contributed by atoms with van der Waals surface area (Å²) < 4.78 is 4.53. The van der Waals surface area contributed by atoms with Crippen molar-refractivity contribution in [2.75, 3.05) is 12.0 Å². The molecule has 1 fully saturated rings. The van der Waals surface area contributed by atoms with Gasteiger partial charge in [-0.2, -0.15) is 0 Å². The Morgan fingerprint density at radius 1 is 1.21 bits per heavy atom. The number of carbonyl (C=O) groups excluding carboxylic acids is 3. The number of halogens is 2. The van der Waals surface area contributed by atoms with Crippen LogP contribution in [0.25, 0.3) is 0 Å². The van der Waals surface area contributed by atoms with Crippen LogP contribution in [0.4, 0.5) is 5.69 Å². The van der Waals surface area contributed by atoms with Crippen molar-refractivity contribution in [3.8, 4) is 0 Å². The van der Waals surface area contributed by atoms with Gasteiger partial charge in [0.1, 0.15) is 5.92 Å². The van der Waals surface area contributed by atoms with Crippen molar-refractivity contribution >= 4 is 52.4 Å². The molecule has 2 unspecified atom stereocenters. The van der Waals surface area contributed by atoms with E-state index in [1.165, 1.54) is 18.2 Å². The number of imide groups is 1. The number of carbonyl (C=O) groups is 3. The molecule has 2 amide bonds. The van der Waals surface area contributed by atoms with Crippen LogP contribution in [-0.2, 0) is 19.1 Å². The van der Waals surface area contributed by atoms with E-state index in [1.807, 2.05) is 0 Å². The van der Waals surface area contributed by atoms with Gasteiger partial charge in [0.25, 0.3) is 5.91 Å². The van der Waals surface area contributed by atoms with Gasteiger partial charge < -0.3 is 4.74 Å². The van der Waals surface area contributed by atoms with E-state index in [2.05, 4.69) is 15.1 Å². The summed E-state index contributed by atoms with van der Waals surface area (Å²) >= 11 is 11.8. The highest BCUT2D eigenvalue weighted by atomic mass is 35.5. The van der Waals surface area contributed by atoms with Crippen LogP contribution in [-0.4, -0.2) is 41.8 Å². The molecule has 11 heteroatoms. The predicted octanol–water partition coefficient (Wildman–Crippen LogP) is 1.38. The molecule has 1 saturated heterocycles. The number of benzene rings is 1. The maximum absolute atomic E-state index is 12.7. The number of fused-ring (bicyclic) bond motifs is 1. The molecule has 0 radical (unpaired) electrons. The Labute approximate surface area is 144 Å². The second kappa shape index (κ2) is 5.84. The van der Waals surface area contributed by atoms with Gasteiger partial charge in [-0.3, -0.25) is 9.59 Å². The van der Waals surface area contributed by atoms with Gasteiger partial charge in [-0.15, -0.1) is 15.1 Å². The van der Waals surface area contributed by atoms with Crippen molar-refractivity contribution in [1.29, 1.82) is 0 Å². The molecule has 0 N–H and O–H groups in total. The number of esters is 1. The molecule has 2 aliphatic rings. The van der Waals surface area contributed by atoms with E-state index in [0.29, 0.717) is 5.12 Å². The maximum atomic E-state index is 12.7. The number of hydrazone groups is 1. The molecule has 24 heavy (non-hydrogen) atoms. The number of hydrogen-bond acceptors (Lipinski definition) is 7. The SMILES string of the molecule is COC(=O)C1=NN(N=O)C2C(=O)N(c3cc(Cl)cc(Cl)c3)C(=O)C12. The molecule has 2 aliphatic heterocycles. The molecule has 2 atom stereocenters. The molecule has 0 aliphatic carbocycles. The normalized spacial score (nSPS) is 22.5. The average Bonchev–Trinajstić information content (AvgIpc) is 3.03. The minimum absolute atomic E-state index is 0.118.